The maximum atomic E-state index is 13.0. The van der Waals surface area contributed by atoms with Crippen molar-refractivity contribution in [3.63, 3.8) is 0 Å². The molecule has 1 aromatic carbocycles. The molecule has 0 radical (unpaired) electrons. The van der Waals surface area contributed by atoms with E-state index in [1.54, 1.807) is 6.07 Å². The van der Waals surface area contributed by atoms with Gasteiger partial charge in [0.05, 0.1) is 12.2 Å². The molecule has 18 heavy (non-hydrogen) atoms. The monoisotopic (exact) mass is 247 g/mol. The van der Waals surface area contributed by atoms with Gasteiger partial charge in [0, 0.05) is 18.8 Å². The molecule has 0 atom stereocenters. The molecule has 0 saturated heterocycles. The van der Waals surface area contributed by atoms with E-state index < -0.39 is 0 Å². The van der Waals surface area contributed by atoms with Crippen LogP contribution in [0.5, 0.6) is 0 Å². The Hall–Kier alpha value is -1.68. The van der Waals surface area contributed by atoms with Gasteiger partial charge in [0.1, 0.15) is 5.82 Å². The van der Waals surface area contributed by atoms with E-state index in [9.17, 15) is 4.39 Å². The first-order valence-corrected chi connectivity index (χ1v) is 6.13. The zero-order valence-corrected chi connectivity index (χ0v) is 10.7. The van der Waals surface area contributed by atoms with Crippen molar-refractivity contribution in [3.8, 4) is 0 Å². The predicted molar refractivity (Wildman–Crippen MR) is 69.7 cm³/mol. The molecule has 0 aliphatic rings. The molecule has 3 nitrogen and oxygen atoms in total. The standard InChI is InChI=1S/C14H18FN3/c1-11(2)16-9-14-6-7-18(17-14)10-12-4-3-5-13(15)8-12/h3-8,11,16H,9-10H2,1-2H3. The molecule has 1 heterocycles. The van der Waals surface area contributed by atoms with E-state index in [0.717, 1.165) is 17.8 Å². The van der Waals surface area contributed by atoms with Crippen molar-refractivity contribution in [3.05, 3.63) is 53.6 Å². The van der Waals surface area contributed by atoms with Crippen LogP contribution < -0.4 is 5.32 Å². The summed E-state index contributed by atoms with van der Waals surface area (Å²) >= 11 is 0. The van der Waals surface area contributed by atoms with Crippen molar-refractivity contribution in [2.75, 3.05) is 0 Å². The van der Waals surface area contributed by atoms with Crippen LogP contribution in [-0.2, 0) is 13.1 Å². The third kappa shape index (κ3) is 3.67. The predicted octanol–water partition coefficient (Wildman–Crippen LogP) is 2.57. The minimum atomic E-state index is -0.207. The first kappa shape index (κ1) is 12.8. The second kappa shape index (κ2) is 5.78. The third-order valence-corrected chi connectivity index (χ3v) is 2.62. The molecule has 0 aliphatic carbocycles. The average Bonchev–Trinajstić information content (AvgIpc) is 2.74. The fraction of sp³-hybridized carbons (Fsp3) is 0.357. The van der Waals surface area contributed by atoms with E-state index in [0.29, 0.717) is 12.6 Å². The largest absolute Gasteiger partial charge is 0.309 e. The highest BCUT2D eigenvalue weighted by Crippen LogP contribution is 2.06. The molecule has 0 aliphatic heterocycles. The van der Waals surface area contributed by atoms with E-state index >= 15 is 0 Å². The highest BCUT2D eigenvalue weighted by molar-refractivity contribution is 5.16. The summed E-state index contributed by atoms with van der Waals surface area (Å²) in [6.45, 7) is 5.56. The Bertz CT molecular complexity index is 505. The zero-order valence-electron chi connectivity index (χ0n) is 10.7. The van der Waals surface area contributed by atoms with Crippen LogP contribution in [0.15, 0.2) is 36.5 Å². The van der Waals surface area contributed by atoms with Gasteiger partial charge in [-0.2, -0.15) is 5.10 Å². The van der Waals surface area contributed by atoms with Gasteiger partial charge in [0.2, 0.25) is 0 Å². The fourth-order valence-electron chi connectivity index (χ4n) is 1.72. The summed E-state index contributed by atoms with van der Waals surface area (Å²) in [4.78, 5) is 0. The van der Waals surface area contributed by atoms with Gasteiger partial charge in [-0.3, -0.25) is 4.68 Å². The van der Waals surface area contributed by atoms with Crippen molar-refractivity contribution >= 4 is 0 Å². The Morgan fingerprint density at radius 2 is 2.17 bits per heavy atom. The first-order chi connectivity index (χ1) is 8.63. The van der Waals surface area contributed by atoms with Crippen molar-refractivity contribution < 1.29 is 4.39 Å². The number of aromatic nitrogens is 2. The average molecular weight is 247 g/mol. The molecule has 96 valence electrons. The molecule has 0 amide bonds. The first-order valence-electron chi connectivity index (χ1n) is 6.13. The molecule has 0 fully saturated rings. The Labute approximate surface area is 107 Å². The number of benzene rings is 1. The van der Waals surface area contributed by atoms with Crippen LogP contribution >= 0.6 is 0 Å². The van der Waals surface area contributed by atoms with Crippen molar-refractivity contribution in [1.29, 1.82) is 0 Å². The van der Waals surface area contributed by atoms with Crippen molar-refractivity contribution in [2.24, 2.45) is 0 Å². The van der Waals surface area contributed by atoms with Gasteiger partial charge in [-0.1, -0.05) is 26.0 Å². The van der Waals surface area contributed by atoms with E-state index in [4.69, 9.17) is 0 Å². The number of hydrogen-bond donors (Lipinski definition) is 1. The van der Waals surface area contributed by atoms with E-state index in [1.165, 1.54) is 12.1 Å². The maximum Gasteiger partial charge on any atom is 0.123 e. The molecule has 2 aromatic rings. The lowest BCUT2D eigenvalue weighted by atomic mass is 10.2. The highest BCUT2D eigenvalue weighted by Gasteiger charge is 2.01. The summed E-state index contributed by atoms with van der Waals surface area (Å²) in [6.07, 6.45) is 1.92. The van der Waals surface area contributed by atoms with Gasteiger partial charge in [-0.05, 0) is 23.8 Å². The smallest absolute Gasteiger partial charge is 0.123 e. The topological polar surface area (TPSA) is 29.9 Å². The van der Waals surface area contributed by atoms with Gasteiger partial charge in [0.15, 0.2) is 0 Å². The Morgan fingerprint density at radius 1 is 1.33 bits per heavy atom. The van der Waals surface area contributed by atoms with Crippen LogP contribution in [0.25, 0.3) is 0 Å². The lowest BCUT2D eigenvalue weighted by molar-refractivity contribution is 0.569. The molecule has 4 heteroatoms. The molecular weight excluding hydrogens is 229 g/mol. The third-order valence-electron chi connectivity index (χ3n) is 2.62. The SMILES string of the molecule is CC(C)NCc1ccn(Cc2cccc(F)c2)n1. The molecule has 0 saturated carbocycles. The second-order valence-electron chi connectivity index (χ2n) is 4.67. The van der Waals surface area contributed by atoms with E-state index in [2.05, 4.69) is 24.3 Å². The van der Waals surface area contributed by atoms with Gasteiger partial charge in [0.25, 0.3) is 0 Å². The van der Waals surface area contributed by atoms with Crippen LogP contribution in [0, 0.1) is 5.82 Å². The van der Waals surface area contributed by atoms with Crippen LogP contribution in [0.3, 0.4) is 0 Å². The van der Waals surface area contributed by atoms with Crippen LogP contribution in [0.1, 0.15) is 25.1 Å². The molecule has 2 rings (SSSR count). The van der Waals surface area contributed by atoms with Gasteiger partial charge in [-0.25, -0.2) is 4.39 Å². The number of nitrogens with one attached hydrogen (secondary N) is 1. The molecule has 1 N–H and O–H groups in total. The summed E-state index contributed by atoms with van der Waals surface area (Å²) < 4.78 is 14.9. The van der Waals surface area contributed by atoms with Gasteiger partial charge >= 0.3 is 0 Å². The Morgan fingerprint density at radius 3 is 2.89 bits per heavy atom. The Balaban J connectivity index is 1.98. The van der Waals surface area contributed by atoms with Crippen molar-refractivity contribution in [2.45, 2.75) is 33.0 Å². The van der Waals surface area contributed by atoms with Gasteiger partial charge in [-0.15, -0.1) is 0 Å². The maximum absolute atomic E-state index is 13.0. The van der Waals surface area contributed by atoms with Gasteiger partial charge < -0.3 is 5.32 Å². The number of nitrogens with zero attached hydrogens (tertiary/aromatic N) is 2. The summed E-state index contributed by atoms with van der Waals surface area (Å²) in [6, 6.07) is 9.03. The zero-order chi connectivity index (χ0) is 13.0. The highest BCUT2D eigenvalue weighted by atomic mass is 19.1. The van der Waals surface area contributed by atoms with E-state index in [-0.39, 0.29) is 5.82 Å². The molecule has 1 aromatic heterocycles. The normalized spacial score (nSPS) is 11.1. The molecule has 0 spiro atoms. The minimum absolute atomic E-state index is 0.207. The summed E-state index contributed by atoms with van der Waals surface area (Å²) in [5.41, 5.74) is 1.92. The quantitative estimate of drug-likeness (QED) is 0.880. The fourth-order valence-corrected chi connectivity index (χ4v) is 1.72. The van der Waals surface area contributed by atoms with Crippen LogP contribution in [-0.4, -0.2) is 15.8 Å². The minimum Gasteiger partial charge on any atom is -0.309 e. The van der Waals surface area contributed by atoms with E-state index in [1.807, 2.05) is 23.0 Å². The van der Waals surface area contributed by atoms with Crippen molar-refractivity contribution in [1.82, 2.24) is 15.1 Å². The lowest BCUT2D eigenvalue weighted by Crippen LogP contribution is -2.22. The molecule has 0 bridgehead atoms. The van der Waals surface area contributed by atoms with Crippen LogP contribution in [0.4, 0.5) is 4.39 Å². The summed E-state index contributed by atoms with van der Waals surface area (Å²) in [5.74, 6) is -0.207. The second-order valence-corrected chi connectivity index (χ2v) is 4.67. The number of hydrogen-bond acceptors (Lipinski definition) is 2. The summed E-state index contributed by atoms with van der Waals surface area (Å²) in [7, 11) is 0. The molecular formula is C14H18FN3. The van der Waals surface area contributed by atoms with Crippen LogP contribution in [0.2, 0.25) is 0 Å². The summed E-state index contributed by atoms with van der Waals surface area (Å²) in [5, 5.41) is 7.75. The number of rotatable bonds is 5. The lowest BCUT2D eigenvalue weighted by Gasteiger charge is -2.05. The molecule has 0 unspecified atom stereocenters. The number of halogens is 1. The Kier molecular flexibility index (Phi) is 4.10.